The average Bonchev–Trinajstić information content (AvgIpc) is 2.75. The van der Waals surface area contributed by atoms with Crippen molar-refractivity contribution in [2.75, 3.05) is 0 Å². The predicted molar refractivity (Wildman–Crippen MR) is 64.9 cm³/mol. The number of carbonyl (C=O) groups is 2. The van der Waals surface area contributed by atoms with Crippen LogP contribution in [0.1, 0.15) is 39.5 Å². The molecular weight excluding hydrogens is 240 g/mol. The van der Waals surface area contributed by atoms with Crippen LogP contribution in [0.2, 0.25) is 0 Å². The van der Waals surface area contributed by atoms with E-state index < -0.39 is 24.0 Å². The summed E-state index contributed by atoms with van der Waals surface area (Å²) >= 11 is 2.00. The summed E-state index contributed by atoms with van der Waals surface area (Å²) in [5, 5.41) is 9.83. The van der Waals surface area contributed by atoms with Gasteiger partial charge in [-0.1, -0.05) is 0 Å². The molecule has 2 aliphatic rings. The van der Waals surface area contributed by atoms with Gasteiger partial charge in [-0.15, -0.1) is 0 Å². The Morgan fingerprint density at radius 1 is 1.41 bits per heavy atom. The normalized spacial score (nSPS) is 31.5. The molecule has 2 fully saturated rings. The molecule has 3 unspecified atom stereocenters. The topological polar surface area (TPSA) is 63.6 Å². The van der Waals surface area contributed by atoms with Gasteiger partial charge in [-0.3, -0.25) is 9.59 Å². The second-order valence-corrected chi connectivity index (χ2v) is 6.91. The maximum Gasteiger partial charge on any atom is 0.317 e. The van der Waals surface area contributed by atoms with E-state index in [4.69, 9.17) is 9.84 Å². The highest BCUT2D eigenvalue weighted by Gasteiger charge is 2.48. The van der Waals surface area contributed by atoms with Crippen molar-refractivity contribution in [3.8, 4) is 0 Å². The van der Waals surface area contributed by atoms with E-state index in [1.54, 1.807) is 0 Å². The van der Waals surface area contributed by atoms with Gasteiger partial charge in [0.25, 0.3) is 0 Å². The summed E-state index contributed by atoms with van der Waals surface area (Å²) in [5.74, 6) is -1.40. The van der Waals surface area contributed by atoms with Crippen LogP contribution in [0, 0.1) is 5.92 Å². The van der Waals surface area contributed by atoms with Crippen molar-refractivity contribution in [2.24, 2.45) is 5.92 Å². The van der Waals surface area contributed by atoms with E-state index >= 15 is 0 Å². The SMILES string of the molecule is CC(C)(OC(=O)CC(=O)O)C1CC2CCC1S2. The molecule has 2 rings (SSSR count). The Morgan fingerprint density at radius 2 is 2.12 bits per heavy atom. The molecule has 0 aromatic heterocycles. The Balaban J connectivity index is 1.94. The smallest absolute Gasteiger partial charge is 0.317 e. The van der Waals surface area contributed by atoms with E-state index in [0.29, 0.717) is 16.4 Å². The molecule has 0 saturated carbocycles. The van der Waals surface area contributed by atoms with E-state index in [2.05, 4.69) is 0 Å². The number of fused-ring (bicyclic) bond motifs is 2. The van der Waals surface area contributed by atoms with Gasteiger partial charge >= 0.3 is 11.9 Å². The van der Waals surface area contributed by atoms with Crippen LogP contribution in [0.15, 0.2) is 0 Å². The maximum absolute atomic E-state index is 11.4. The fourth-order valence-corrected chi connectivity index (χ4v) is 4.88. The lowest BCUT2D eigenvalue weighted by molar-refractivity contribution is -0.165. The van der Waals surface area contributed by atoms with Gasteiger partial charge in [0.1, 0.15) is 12.0 Å². The lowest BCUT2D eigenvalue weighted by Crippen LogP contribution is -2.41. The molecule has 0 aliphatic carbocycles. The van der Waals surface area contributed by atoms with Gasteiger partial charge in [0.2, 0.25) is 0 Å². The van der Waals surface area contributed by atoms with Crippen LogP contribution in [0.3, 0.4) is 0 Å². The number of rotatable bonds is 4. The first-order valence-corrected chi connectivity index (χ1v) is 6.92. The van der Waals surface area contributed by atoms with Crippen molar-refractivity contribution in [1.82, 2.24) is 0 Å². The monoisotopic (exact) mass is 258 g/mol. The number of carboxylic acid groups (broad SMARTS) is 1. The zero-order valence-electron chi connectivity index (χ0n) is 10.1. The molecule has 4 nitrogen and oxygen atoms in total. The van der Waals surface area contributed by atoms with E-state index in [9.17, 15) is 9.59 Å². The number of carbonyl (C=O) groups excluding carboxylic acids is 1. The summed E-state index contributed by atoms with van der Waals surface area (Å²) in [4.78, 5) is 21.9. The third-order valence-electron chi connectivity index (χ3n) is 3.67. The molecule has 2 heterocycles. The maximum atomic E-state index is 11.4. The summed E-state index contributed by atoms with van der Waals surface area (Å²) in [6, 6.07) is 0. The molecule has 2 bridgehead atoms. The zero-order chi connectivity index (χ0) is 12.6. The molecule has 17 heavy (non-hydrogen) atoms. The zero-order valence-corrected chi connectivity index (χ0v) is 11.0. The van der Waals surface area contributed by atoms with Crippen molar-refractivity contribution in [3.63, 3.8) is 0 Å². The first-order valence-electron chi connectivity index (χ1n) is 5.97. The summed E-state index contributed by atoms with van der Waals surface area (Å²) in [7, 11) is 0. The van der Waals surface area contributed by atoms with E-state index in [1.165, 1.54) is 12.8 Å². The van der Waals surface area contributed by atoms with Crippen LogP contribution in [0.25, 0.3) is 0 Å². The quantitative estimate of drug-likeness (QED) is 0.617. The second-order valence-electron chi connectivity index (χ2n) is 5.36. The second kappa shape index (κ2) is 4.52. The van der Waals surface area contributed by atoms with Crippen molar-refractivity contribution < 1.29 is 19.4 Å². The van der Waals surface area contributed by atoms with Crippen molar-refractivity contribution in [3.05, 3.63) is 0 Å². The summed E-state index contributed by atoms with van der Waals surface area (Å²) in [5.41, 5.74) is -0.542. The van der Waals surface area contributed by atoms with Crippen molar-refractivity contribution >= 4 is 23.7 Å². The number of hydrogen-bond donors (Lipinski definition) is 1. The van der Waals surface area contributed by atoms with Crippen LogP contribution in [-0.4, -0.2) is 33.1 Å². The Hall–Kier alpha value is -0.710. The third kappa shape index (κ3) is 2.76. The van der Waals surface area contributed by atoms with Crippen molar-refractivity contribution in [1.29, 1.82) is 0 Å². The molecule has 3 atom stereocenters. The number of esters is 1. The van der Waals surface area contributed by atoms with Crippen LogP contribution < -0.4 is 0 Å². The first kappa shape index (κ1) is 12.7. The van der Waals surface area contributed by atoms with Crippen LogP contribution in [0.4, 0.5) is 0 Å². The molecule has 0 amide bonds. The molecule has 2 saturated heterocycles. The predicted octanol–water partition coefficient (Wildman–Crippen LogP) is 2.07. The van der Waals surface area contributed by atoms with Gasteiger partial charge < -0.3 is 9.84 Å². The van der Waals surface area contributed by atoms with E-state index in [1.807, 2.05) is 25.6 Å². The minimum Gasteiger partial charge on any atom is -0.481 e. The first-order chi connectivity index (χ1) is 7.88. The van der Waals surface area contributed by atoms with E-state index in [-0.39, 0.29) is 0 Å². The van der Waals surface area contributed by atoms with Gasteiger partial charge in [-0.2, -0.15) is 11.8 Å². The minimum absolute atomic E-state index is 0.365. The summed E-state index contributed by atoms with van der Waals surface area (Å²) < 4.78 is 5.35. The van der Waals surface area contributed by atoms with Gasteiger partial charge in [0.15, 0.2) is 0 Å². The molecule has 0 aromatic carbocycles. The molecule has 2 aliphatic heterocycles. The molecular formula is C12H18O4S. The van der Waals surface area contributed by atoms with Crippen molar-refractivity contribution in [2.45, 2.75) is 55.6 Å². The molecule has 1 N–H and O–H groups in total. The number of carboxylic acids is 1. The van der Waals surface area contributed by atoms with Gasteiger partial charge in [0.05, 0.1) is 0 Å². The summed E-state index contributed by atoms with van der Waals surface area (Å²) in [6.07, 6.45) is 3.00. The Kier molecular flexibility index (Phi) is 3.39. The molecule has 96 valence electrons. The number of hydrogen-bond acceptors (Lipinski definition) is 4. The molecule has 0 aromatic rings. The largest absolute Gasteiger partial charge is 0.481 e. The van der Waals surface area contributed by atoms with Gasteiger partial charge in [0, 0.05) is 16.4 Å². The third-order valence-corrected chi connectivity index (χ3v) is 5.40. The molecule has 5 heteroatoms. The number of aliphatic carboxylic acids is 1. The van der Waals surface area contributed by atoms with Gasteiger partial charge in [-0.05, 0) is 33.1 Å². The Morgan fingerprint density at radius 3 is 2.59 bits per heavy atom. The highest BCUT2D eigenvalue weighted by molar-refractivity contribution is 8.01. The fraction of sp³-hybridized carbons (Fsp3) is 0.833. The Labute approximate surface area is 105 Å². The average molecular weight is 258 g/mol. The highest BCUT2D eigenvalue weighted by Crippen LogP contribution is 2.53. The highest BCUT2D eigenvalue weighted by atomic mass is 32.2. The summed E-state index contributed by atoms with van der Waals surface area (Å²) in [6.45, 7) is 3.80. The lowest BCUT2D eigenvalue weighted by Gasteiger charge is -2.35. The minimum atomic E-state index is -1.13. The number of thioether (sulfide) groups is 1. The van der Waals surface area contributed by atoms with Crippen LogP contribution >= 0.6 is 11.8 Å². The van der Waals surface area contributed by atoms with Crippen LogP contribution in [-0.2, 0) is 14.3 Å². The van der Waals surface area contributed by atoms with Gasteiger partial charge in [-0.25, -0.2) is 0 Å². The molecule has 0 spiro atoms. The van der Waals surface area contributed by atoms with E-state index in [0.717, 1.165) is 6.42 Å². The lowest BCUT2D eigenvalue weighted by atomic mass is 9.79. The number of ether oxygens (including phenoxy) is 1. The van der Waals surface area contributed by atoms with Crippen LogP contribution in [0.5, 0.6) is 0 Å². The standard InChI is InChI=1S/C12H18O4S/c1-12(2,16-11(15)6-10(13)14)8-5-7-3-4-9(8)17-7/h7-9H,3-6H2,1-2H3,(H,13,14). The fourth-order valence-electron chi connectivity index (χ4n) is 2.90. The Bertz CT molecular complexity index is 339. The molecule has 0 radical (unpaired) electrons.